The Morgan fingerprint density at radius 1 is 1.42 bits per heavy atom. The smallest absolute Gasteiger partial charge is 0.240 e. The third-order valence-electron chi connectivity index (χ3n) is 3.99. The first-order valence-corrected chi connectivity index (χ1v) is 10.9. The molecular formula is C16H19ClN4O3S2. The molecule has 1 atom stereocenters. The molecule has 0 saturated carbocycles. The Morgan fingerprint density at radius 3 is 3.00 bits per heavy atom. The van der Waals surface area contributed by atoms with Gasteiger partial charge in [0.05, 0.1) is 4.90 Å². The predicted octanol–water partition coefficient (Wildman–Crippen LogP) is 1.86. The van der Waals surface area contributed by atoms with Crippen LogP contribution in [0.4, 0.5) is 5.13 Å². The van der Waals surface area contributed by atoms with Gasteiger partial charge in [-0.05, 0) is 24.6 Å². The summed E-state index contributed by atoms with van der Waals surface area (Å²) >= 11 is 7.39. The molecule has 140 valence electrons. The van der Waals surface area contributed by atoms with Gasteiger partial charge in [0.2, 0.25) is 15.9 Å². The van der Waals surface area contributed by atoms with Gasteiger partial charge >= 0.3 is 0 Å². The lowest BCUT2D eigenvalue weighted by molar-refractivity contribution is -0.121. The van der Waals surface area contributed by atoms with E-state index in [0.717, 1.165) is 18.1 Å². The average Bonchev–Trinajstić information content (AvgIpc) is 3.26. The first-order chi connectivity index (χ1) is 12.4. The van der Waals surface area contributed by atoms with E-state index in [2.05, 4.69) is 19.9 Å². The highest BCUT2D eigenvalue weighted by Gasteiger charge is 2.25. The second kappa shape index (κ2) is 8.34. The van der Waals surface area contributed by atoms with Crippen LogP contribution < -0.4 is 14.9 Å². The number of nitrogens with zero attached hydrogens (tertiary/aromatic N) is 2. The molecule has 7 nitrogen and oxygen atoms in total. The normalized spacial score (nSPS) is 17.4. The number of carbonyl (C=O) groups is 1. The number of anilines is 1. The van der Waals surface area contributed by atoms with Crippen molar-refractivity contribution < 1.29 is 13.2 Å². The van der Waals surface area contributed by atoms with Crippen LogP contribution in [-0.4, -0.2) is 45.0 Å². The SMILES string of the molecule is O=C(CCNS(=O)(=O)c1cccc(Cl)c1)N[C@@H]1CCN(c2nccs2)C1. The first kappa shape index (κ1) is 19.1. The molecule has 3 rings (SSSR count). The van der Waals surface area contributed by atoms with Crippen molar-refractivity contribution in [2.75, 3.05) is 24.5 Å². The van der Waals surface area contributed by atoms with Gasteiger partial charge in [0.25, 0.3) is 0 Å². The Balaban J connectivity index is 1.43. The van der Waals surface area contributed by atoms with Gasteiger partial charge in [-0.1, -0.05) is 17.7 Å². The van der Waals surface area contributed by atoms with E-state index >= 15 is 0 Å². The van der Waals surface area contributed by atoms with E-state index in [1.54, 1.807) is 29.7 Å². The summed E-state index contributed by atoms with van der Waals surface area (Å²) in [5.74, 6) is -0.176. The van der Waals surface area contributed by atoms with Crippen molar-refractivity contribution >= 4 is 44.0 Å². The van der Waals surface area contributed by atoms with Gasteiger partial charge in [0.15, 0.2) is 5.13 Å². The molecular weight excluding hydrogens is 396 g/mol. The van der Waals surface area contributed by atoms with Gasteiger partial charge in [0.1, 0.15) is 0 Å². The van der Waals surface area contributed by atoms with Crippen molar-refractivity contribution in [2.45, 2.75) is 23.8 Å². The maximum absolute atomic E-state index is 12.2. The molecule has 0 radical (unpaired) electrons. The van der Waals surface area contributed by atoms with Crippen LogP contribution in [0.15, 0.2) is 40.7 Å². The molecule has 0 spiro atoms. The Morgan fingerprint density at radius 2 is 2.27 bits per heavy atom. The Labute approximate surface area is 161 Å². The van der Waals surface area contributed by atoms with Crippen LogP contribution in [0.2, 0.25) is 5.02 Å². The van der Waals surface area contributed by atoms with E-state index in [1.165, 1.54) is 12.1 Å². The molecule has 0 aliphatic carbocycles. The molecule has 0 bridgehead atoms. The summed E-state index contributed by atoms with van der Waals surface area (Å²) in [7, 11) is -3.67. The van der Waals surface area contributed by atoms with Crippen LogP contribution in [0.25, 0.3) is 0 Å². The van der Waals surface area contributed by atoms with E-state index < -0.39 is 10.0 Å². The van der Waals surface area contributed by atoms with E-state index in [4.69, 9.17) is 11.6 Å². The van der Waals surface area contributed by atoms with Crippen molar-refractivity contribution in [2.24, 2.45) is 0 Å². The Kier molecular flexibility index (Phi) is 6.13. The maximum atomic E-state index is 12.2. The molecule has 1 saturated heterocycles. The number of hydrogen-bond acceptors (Lipinski definition) is 6. The lowest BCUT2D eigenvalue weighted by Crippen LogP contribution is -2.38. The number of amides is 1. The molecule has 1 amide bonds. The second-order valence-electron chi connectivity index (χ2n) is 5.92. The summed E-state index contributed by atoms with van der Waals surface area (Å²) < 4.78 is 26.8. The van der Waals surface area contributed by atoms with Gasteiger partial charge in [-0.2, -0.15) is 0 Å². The predicted molar refractivity (Wildman–Crippen MR) is 102 cm³/mol. The minimum absolute atomic E-state index is 0.0313. The van der Waals surface area contributed by atoms with E-state index in [0.29, 0.717) is 11.6 Å². The van der Waals surface area contributed by atoms with E-state index in [-0.39, 0.29) is 29.8 Å². The topological polar surface area (TPSA) is 91.4 Å². The van der Waals surface area contributed by atoms with Crippen molar-refractivity contribution in [3.8, 4) is 0 Å². The molecule has 2 aromatic rings. The van der Waals surface area contributed by atoms with Gasteiger partial charge < -0.3 is 10.2 Å². The lowest BCUT2D eigenvalue weighted by atomic mass is 10.2. The van der Waals surface area contributed by atoms with Crippen LogP contribution >= 0.6 is 22.9 Å². The molecule has 1 aliphatic rings. The number of thiazole rings is 1. The summed E-state index contributed by atoms with van der Waals surface area (Å²) in [6.45, 7) is 1.59. The van der Waals surface area contributed by atoms with Crippen LogP contribution in [0.3, 0.4) is 0 Å². The number of carbonyl (C=O) groups excluding carboxylic acids is 1. The summed E-state index contributed by atoms with van der Waals surface area (Å²) in [6.07, 6.45) is 2.69. The van der Waals surface area contributed by atoms with E-state index in [9.17, 15) is 13.2 Å². The fourth-order valence-corrected chi connectivity index (χ4v) is 4.75. The third kappa shape index (κ3) is 4.94. The minimum atomic E-state index is -3.67. The molecule has 1 aromatic carbocycles. The highest BCUT2D eigenvalue weighted by atomic mass is 35.5. The highest BCUT2D eigenvalue weighted by molar-refractivity contribution is 7.89. The summed E-state index contributed by atoms with van der Waals surface area (Å²) in [6, 6.07) is 6.05. The maximum Gasteiger partial charge on any atom is 0.240 e. The average molecular weight is 415 g/mol. The van der Waals surface area contributed by atoms with Crippen LogP contribution in [-0.2, 0) is 14.8 Å². The minimum Gasteiger partial charge on any atom is -0.351 e. The fourth-order valence-electron chi connectivity index (χ4n) is 2.74. The first-order valence-electron chi connectivity index (χ1n) is 8.13. The van der Waals surface area contributed by atoms with Gasteiger partial charge in [0, 0.05) is 48.7 Å². The van der Waals surface area contributed by atoms with Crippen LogP contribution in [0.5, 0.6) is 0 Å². The quantitative estimate of drug-likeness (QED) is 0.721. The number of hydrogen-bond donors (Lipinski definition) is 2. The molecule has 0 unspecified atom stereocenters. The number of halogens is 1. The number of nitrogens with one attached hydrogen (secondary N) is 2. The number of benzene rings is 1. The zero-order valence-corrected chi connectivity index (χ0v) is 16.3. The fraction of sp³-hybridized carbons (Fsp3) is 0.375. The monoisotopic (exact) mass is 414 g/mol. The second-order valence-corrected chi connectivity index (χ2v) is 9.00. The Hall–Kier alpha value is -1.68. The highest BCUT2D eigenvalue weighted by Crippen LogP contribution is 2.22. The van der Waals surface area contributed by atoms with Crippen LogP contribution in [0.1, 0.15) is 12.8 Å². The molecule has 1 aliphatic heterocycles. The van der Waals surface area contributed by atoms with Crippen molar-refractivity contribution in [1.29, 1.82) is 0 Å². The molecule has 2 heterocycles. The summed E-state index contributed by atoms with van der Waals surface area (Å²) in [5, 5.41) is 6.17. The number of rotatable bonds is 7. The Bertz CT molecular complexity index is 858. The lowest BCUT2D eigenvalue weighted by Gasteiger charge is -2.16. The van der Waals surface area contributed by atoms with Gasteiger partial charge in [-0.3, -0.25) is 4.79 Å². The third-order valence-corrected chi connectivity index (χ3v) is 6.52. The van der Waals surface area contributed by atoms with Crippen molar-refractivity contribution in [1.82, 2.24) is 15.0 Å². The summed E-state index contributed by atoms with van der Waals surface area (Å²) in [5.41, 5.74) is 0. The van der Waals surface area contributed by atoms with Gasteiger partial charge in [-0.15, -0.1) is 11.3 Å². The molecule has 1 fully saturated rings. The molecule has 1 aromatic heterocycles. The van der Waals surface area contributed by atoms with Crippen molar-refractivity contribution in [3.63, 3.8) is 0 Å². The summed E-state index contributed by atoms with van der Waals surface area (Å²) in [4.78, 5) is 18.6. The van der Waals surface area contributed by atoms with Crippen molar-refractivity contribution in [3.05, 3.63) is 40.9 Å². The molecule has 10 heteroatoms. The van der Waals surface area contributed by atoms with Crippen LogP contribution in [0, 0.1) is 0 Å². The molecule has 2 N–H and O–H groups in total. The number of aromatic nitrogens is 1. The molecule has 26 heavy (non-hydrogen) atoms. The number of sulfonamides is 1. The zero-order valence-electron chi connectivity index (χ0n) is 13.9. The zero-order chi connectivity index (χ0) is 18.6. The standard InChI is InChI=1S/C16H19ClN4O3S2/c17-12-2-1-3-14(10-12)26(23,24)19-6-4-15(22)20-13-5-8-21(11-13)16-18-7-9-25-16/h1-3,7,9-10,13,19H,4-6,8,11H2,(H,20,22)/t13-/m1/s1. The van der Waals surface area contributed by atoms with E-state index in [1.807, 2.05) is 5.38 Å². The largest absolute Gasteiger partial charge is 0.351 e. The van der Waals surface area contributed by atoms with Gasteiger partial charge in [-0.25, -0.2) is 18.1 Å².